The zero-order valence-electron chi connectivity index (χ0n) is 11.5. The maximum Gasteiger partial charge on any atom is 0.248 e. The van der Waals surface area contributed by atoms with Crippen LogP contribution < -0.4 is 5.73 Å². The predicted octanol–water partition coefficient (Wildman–Crippen LogP) is 1.35. The lowest BCUT2D eigenvalue weighted by Gasteiger charge is -2.25. The molecule has 6 nitrogen and oxygen atoms in total. The number of nitrogens with two attached hydrogens (primary N) is 1. The number of rotatable bonds is 3. The van der Waals surface area contributed by atoms with Gasteiger partial charge in [0.2, 0.25) is 10.0 Å². The summed E-state index contributed by atoms with van der Waals surface area (Å²) >= 11 is 0. The van der Waals surface area contributed by atoms with Gasteiger partial charge in [0.05, 0.1) is 0 Å². The van der Waals surface area contributed by atoms with Crippen LogP contribution in [0.1, 0.15) is 38.5 Å². The molecule has 0 unspecified atom stereocenters. The first-order valence-corrected chi connectivity index (χ1v) is 8.14. The number of sulfonamides is 1. The van der Waals surface area contributed by atoms with Crippen LogP contribution in [0.4, 0.5) is 5.82 Å². The van der Waals surface area contributed by atoms with E-state index in [0.717, 1.165) is 25.7 Å². The molecule has 2 N–H and O–H groups in total. The summed E-state index contributed by atoms with van der Waals surface area (Å²) in [4.78, 5) is 0.113. The number of aromatic nitrogens is 2. The van der Waals surface area contributed by atoms with Crippen LogP contribution in [0.25, 0.3) is 0 Å². The molecular weight excluding hydrogens is 264 g/mol. The standard InChI is InChI=1S/C12H22N4O2S/c1-15-9-11(12(13)14-15)19(17,18)16(2)10-7-5-3-4-6-8-10/h9-10H,3-8H2,1-2H3,(H2,13,14). The third-order valence-electron chi connectivity index (χ3n) is 3.82. The average Bonchev–Trinajstić information content (AvgIpc) is 2.58. The average molecular weight is 286 g/mol. The van der Waals surface area contributed by atoms with Crippen molar-refractivity contribution >= 4 is 15.8 Å². The second kappa shape index (κ2) is 5.50. The maximum atomic E-state index is 12.6. The number of hydrogen-bond acceptors (Lipinski definition) is 4. The van der Waals surface area contributed by atoms with Crippen LogP contribution in [-0.4, -0.2) is 35.6 Å². The van der Waals surface area contributed by atoms with Gasteiger partial charge >= 0.3 is 0 Å². The minimum atomic E-state index is -3.54. The molecule has 0 aliphatic heterocycles. The van der Waals surface area contributed by atoms with Gasteiger partial charge in [-0.2, -0.15) is 9.40 Å². The first-order chi connectivity index (χ1) is 8.93. The number of aryl methyl sites for hydroxylation is 1. The fourth-order valence-corrected chi connectivity index (χ4v) is 4.16. The molecule has 0 radical (unpaired) electrons. The van der Waals surface area contributed by atoms with E-state index in [1.54, 1.807) is 14.1 Å². The summed E-state index contributed by atoms with van der Waals surface area (Å²) in [6.07, 6.45) is 7.89. The van der Waals surface area contributed by atoms with E-state index in [1.165, 1.54) is 28.0 Å². The lowest BCUT2D eigenvalue weighted by molar-refractivity contribution is 0.336. The minimum Gasteiger partial charge on any atom is -0.381 e. The van der Waals surface area contributed by atoms with Crippen LogP contribution in [0.3, 0.4) is 0 Å². The molecule has 1 heterocycles. The Morgan fingerprint density at radius 1 is 1.32 bits per heavy atom. The number of nitrogen functional groups attached to an aromatic ring is 1. The van der Waals surface area contributed by atoms with E-state index in [9.17, 15) is 8.42 Å². The van der Waals surface area contributed by atoms with Crippen LogP contribution in [0.5, 0.6) is 0 Å². The van der Waals surface area contributed by atoms with Gasteiger partial charge in [0.25, 0.3) is 0 Å². The monoisotopic (exact) mass is 286 g/mol. The molecule has 108 valence electrons. The van der Waals surface area contributed by atoms with Gasteiger partial charge < -0.3 is 5.73 Å². The lowest BCUT2D eigenvalue weighted by atomic mass is 10.1. The molecule has 0 atom stereocenters. The van der Waals surface area contributed by atoms with Crippen LogP contribution >= 0.6 is 0 Å². The Morgan fingerprint density at radius 3 is 2.37 bits per heavy atom. The Bertz CT molecular complexity index is 530. The molecule has 1 aromatic rings. The zero-order chi connectivity index (χ0) is 14.0. The summed E-state index contributed by atoms with van der Waals surface area (Å²) in [6, 6.07) is 0.0760. The number of hydrogen-bond donors (Lipinski definition) is 1. The SMILES string of the molecule is CN(C1CCCCCC1)S(=O)(=O)c1cn(C)nc1N. The summed E-state index contributed by atoms with van der Waals surface area (Å²) in [5.74, 6) is 0.0722. The normalized spacial score (nSPS) is 18.7. The van der Waals surface area contributed by atoms with E-state index in [-0.39, 0.29) is 16.8 Å². The zero-order valence-corrected chi connectivity index (χ0v) is 12.4. The van der Waals surface area contributed by atoms with Gasteiger partial charge in [-0.25, -0.2) is 8.42 Å². The van der Waals surface area contributed by atoms with Crippen molar-refractivity contribution in [1.82, 2.24) is 14.1 Å². The molecule has 1 aliphatic carbocycles. The highest BCUT2D eigenvalue weighted by atomic mass is 32.2. The summed E-state index contributed by atoms with van der Waals surface area (Å²) in [6.45, 7) is 0. The van der Waals surface area contributed by atoms with E-state index in [0.29, 0.717) is 0 Å². The first kappa shape index (κ1) is 14.3. The molecule has 1 saturated carbocycles. The van der Waals surface area contributed by atoms with E-state index in [4.69, 9.17) is 5.73 Å². The van der Waals surface area contributed by atoms with Crippen molar-refractivity contribution in [2.45, 2.75) is 49.5 Å². The third kappa shape index (κ3) is 2.92. The van der Waals surface area contributed by atoms with Crippen molar-refractivity contribution in [3.05, 3.63) is 6.20 Å². The van der Waals surface area contributed by atoms with Crippen LogP contribution in [0, 0.1) is 0 Å². The van der Waals surface area contributed by atoms with Gasteiger partial charge in [-0.15, -0.1) is 0 Å². The van der Waals surface area contributed by atoms with E-state index in [1.807, 2.05) is 0 Å². The van der Waals surface area contributed by atoms with Gasteiger partial charge in [0.15, 0.2) is 5.82 Å². The van der Waals surface area contributed by atoms with Gasteiger partial charge in [0, 0.05) is 26.3 Å². The second-order valence-electron chi connectivity index (χ2n) is 5.22. The molecule has 0 bridgehead atoms. The van der Waals surface area contributed by atoms with Gasteiger partial charge in [-0.3, -0.25) is 4.68 Å². The molecule has 1 fully saturated rings. The fraction of sp³-hybridized carbons (Fsp3) is 0.750. The van der Waals surface area contributed by atoms with Gasteiger partial charge in [0.1, 0.15) is 4.90 Å². The molecule has 1 aliphatic rings. The topological polar surface area (TPSA) is 81.2 Å². The van der Waals surface area contributed by atoms with Crippen LogP contribution in [-0.2, 0) is 17.1 Å². The Labute approximate surface area is 114 Å². The number of anilines is 1. The van der Waals surface area contributed by atoms with E-state index < -0.39 is 10.0 Å². The van der Waals surface area contributed by atoms with Crippen molar-refractivity contribution in [3.8, 4) is 0 Å². The van der Waals surface area contributed by atoms with Gasteiger partial charge in [-0.1, -0.05) is 25.7 Å². The van der Waals surface area contributed by atoms with Crippen molar-refractivity contribution in [2.24, 2.45) is 7.05 Å². The highest BCUT2D eigenvalue weighted by Crippen LogP contribution is 2.27. The molecule has 1 aromatic heterocycles. The molecule has 7 heteroatoms. The summed E-state index contributed by atoms with van der Waals surface area (Å²) in [5, 5.41) is 3.91. The Balaban J connectivity index is 2.25. The van der Waals surface area contributed by atoms with Crippen molar-refractivity contribution in [2.75, 3.05) is 12.8 Å². The fourth-order valence-electron chi connectivity index (χ4n) is 2.66. The second-order valence-corrected chi connectivity index (χ2v) is 7.18. The van der Waals surface area contributed by atoms with Gasteiger partial charge in [-0.05, 0) is 12.8 Å². The quantitative estimate of drug-likeness (QED) is 0.850. The highest BCUT2D eigenvalue weighted by molar-refractivity contribution is 7.89. The Hall–Kier alpha value is -1.08. The smallest absolute Gasteiger partial charge is 0.248 e. The number of nitrogens with zero attached hydrogens (tertiary/aromatic N) is 3. The Morgan fingerprint density at radius 2 is 1.89 bits per heavy atom. The molecule has 0 spiro atoms. The Kier molecular flexibility index (Phi) is 4.15. The van der Waals surface area contributed by atoms with E-state index in [2.05, 4.69) is 5.10 Å². The molecule has 0 amide bonds. The van der Waals surface area contributed by atoms with E-state index >= 15 is 0 Å². The first-order valence-electron chi connectivity index (χ1n) is 6.70. The predicted molar refractivity (Wildman–Crippen MR) is 74.1 cm³/mol. The van der Waals surface area contributed by atoms with Crippen LogP contribution in [0.15, 0.2) is 11.1 Å². The third-order valence-corrected chi connectivity index (χ3v) is 5.74. The van der Waals surface area contributed by atoms with Crippen LogP contribution in [0.2, 0.25) is 0 Å². The summed E-state index contributed by atoms with van der Waals surface area (Å²) in [7, 11) is -0.221. The summed E-state index contributed by atoms with van der Waals surface area (Å²) < 4.78 is 28.1. The molecule has 0 saturated heterocycles. The highest BCUT2D eigenvalue weighted by Gasteiger charge is 2.31. The lowest BCUT2D eigenvalue weighted by Crippen LogP contribution is -2.36. The minimum absolute atomic E-state index is 0.0722. The largest absolute Gasteiger partial charge is 0.381 e. The van der Waals surface area contributed by atoms with Crippen molar-refractivity contribution in [1.29, 1.82) is 0 Å². The van der Waals surface area contributed by atoms with Crippen molar-refractivity contribution < 1.29 is 8.42 Å². The maximum absolute atomic E-state index is 12.6. The molecular formula is C12H22N4O2S. The van der Waals surface area contributed by atoms with Crippen molar-refractivity contribution in [3.63, 3.8) is 0 Å². The molecule has 2 rings (SSSR count). The molecule has 19 heavy (non-hydrogen) atoms. The summed E-state index contributed by atoms with van der Waals surface area (Å²) in [5.41, 5.74) is 5.69. The molecule has 0 aromatic carbocycles.